The predicted octanol–water partition coefficient (Wildman–Crippen LogP) is 1.56. The number of hydrogen-bond donors (Lipinski definition) is 1. The van der Waals surface area contributed by atoms with Crippen LogP contribution in [0, 0.1) is 13.8 Å². The van der Waals surface area contributed by atoms with Gasteiger partial charge in [-0.25, -0.2) is 0 Å². The molecule has 0 saturated heterocycles. The Morgan fingerprint density at radius 1 is 1.44 bits per heavy atom. The molecule has 0 aliphatic carbocycles. The van der Waals surface area contributed by atoms with Crippen molar-refractivity contribution in [2.45, 2.75) is 46.7 Å². The molecule has 1 heterocycles. The Labute approximate surface area is 109 Å². The van der Waals surface area contributed by atoms with E-state index in [-0.39, 0.29) is 12.5 Å². The Bertz CT molecular complexity index is 399. The van der Waals surface area contributed by atoms with E-state index in [0.717, 1.165) is 36.3 Å². The number of aryl methyl sites for hydroxylation is 1. The minimum Gasteiger partial charge on any atom is -0.464 e. The van der Waals surface area contributed by atoms with Crippen LogP contribution in [0.5, 0.6) is 0 Å². The largest absolute Gasteiger partial charge is 0.464 e. The van der Waals surface area contributed by atoms with Gasteiger partial charge in [-0.1, -0.05) is 13.3 Å². The predicted molar refractivity (Wildman–Crippen MR) is 70.3 cm³/mol. The van der Waals surface area contributed by atoms with Gasteiger partial charge >= 0.3 is 5.97 Å². The molecule has 1 aromatic rings. The SMILES string of the molecule is CCCCOC(=O)Cn1nc(C)c(CNC)c1C. The van der Waals surface area contributed by atoms with E-state index in [0.29, 0.717) is 6.61 Å². The van der Waals surface area contributed by atoms with Gasteiger partial charge in [-0.3, -0.25) is 9.48 Å². The van der Waals surface area contributed by atoms with Crippen LogP contribution in [0.4, 0.5) is 0 Å². The minimum atomic E-state index is -0.218. The summed E-state index contributed by atoms with van der Waals surface area (Å²) in [6.45, 7) is 7.46. The molecule has 0 aliphatic heterocycles. The van der Waals surface area contributed by atoms with Gasteiger partial charge in [0.25, 0.3) is 0 Å². The Morgan fingerprint density at radius 3 is 2.78 bits per heavy atom. The van der Waals surface area contributed by atoms with E-state index in [1.54, 1.807) is 4.68 Å². The molecule has 0 saturated carbocycles. The van der Waals surface area contributed by atoms with E-state index in [4.69, 9.17) is 4.74 Å². The van der Waals surface area contributed by atoms with Gasteiger partial charge in [-0.2, -0.15) is 5.10 Å². The number of nitrogens with zero attached hydrogens (tertiary/aromatic N) is 2. The Hall–Kier alpha value is -1.36. The average Bonchev–Trinajstić information content (AvgIpc) is 2.58. The molecule has 1 aromatic heterocycles. The molecule has 5 heteroatoms. The Morgan fingerprint density at radius 2 is 2.17 bits per heavy atom. The van der Waals surface area contributed by atoms with Crippen LogP contribution in [0.3, 0.4) is 0 Å². The van der Waals surface area contributed by atoms with Crippen LogP contribution in [0.2, 0.25) is 0 Å². The molecule has 0 aromatic carbocycles. The molecule has 1 rings (SSSR count). The van der Waals surface area contributed by atoms with E-state index in [9.17, 15) is 4.79 Å². The van der Waals surface area contributed by atoms with Crippen molar-refractivity contribution in [3.8, 4) is 0 Å². The molecule has 5 nitrogen and oxygen atoms in total. The lowest BCUT2D eigenvalue weighted by Crippen LogP contribution is -2.16. The van der Waals surface area contributed by atoms with Crippen LogP contribution >= 0.6 is 0 Å². The summed E-state index contributed by atoms with van der Waals surface area (Å²) in [7, 11) is 1.90. The van der Waals surface area contributed by atoms with Crippen molar-refractivity contribution in [1.82, 2.24) is 15.1 Å². The molecule has 0 unspecified atom stereocenters. The van der Waals surface area contributed by atoms with Gasteiger partial charge in [0.2, 0.25) is 0 Å². The second-order valence-corrected chi connectivity index (χ2v) is 4.41. The summed E-state index contributed by atoms with van der Waals surface area (Å²) in [5.74, 6) is -0.218. The van der Waals surface area contributed by atoms with E-state index >= 15 is 0 Å². The summed E-state index contributed by atoms with van der Waals surface area (Å²) in [6, 6.07) is 0. The van der Waals surface area contributed by atoms with Crippen molar-refractivity contribution >= 4 is 5.97 Å². The van der Waals surface area contributed by atoms with Crippen molar-refractivity contribution in [2.24, 2.45) is 0 Å². The first-order chi connectivity index (χ1) is 8.60. The number of unbranched alkanes of at least 4 members (excludes halogenated alkanes) is 1. The summed E-state index contributed by atoms with van der Waals surface area (Å²) >= 11 is 0. The maximum Gasteiger partial charge on any atom is 0.327 e. The minimum absolute atomic E-state index is 0.195. The lowest BCUT2D eigenvalue weighted by molar-refractivity contribution is -0.144. The lowest BCUT2D eigenvalue weighted by Gasteiger charge is -2.06. The van der Waals surface area contributed by atoms with Gasteiger partial charge in [0.1, 0.15) is 6.54 Å². The molecule has 102 valence electrons. The summed E-state index contributed by atoms with van der Waals surface area (Å²) in [6.07, 6.45) is 1.94. The number of aromatic nitrogens is 2. The van der Waals surface area contributed by atoms with Crippen LogP contribution < -0.4 is 5.32 Å². The fourth-order valence-electron chi connectivity index (χ4n) is 1.82. The van der Waals surface area contributed by atoms with Gasteiger partial charge < -0.3 is 10.1 Å². The molecule has 0 spiro atoms. The third-order valence-electron chi connectivity index (χ3n) is 2.92. The van der Waals surface area contributed by atoms with Gasteiger partial charge in [0, 0.05) is 17.8 Å². The monoisotopic (exact) mass is 253 g/mol. The maximum absolute atomic E-state index is 11.6. The molecule has 18 heavy (non-hydrogen) atoms. The number of nitrogens with one attached hydrogen (secondary N) is 1. The zero-order valence-corrected chi connectivity index (χ0v) is 11.7. The van der Waals surface area contributed by atoms with E-state index < -0.39 is 0 Å². The van der Waals surface area contributed by atoms with Crippen molar-refractivity contribution in [1.29, 1.82) is 0 Å². The average molecular weight is 253 g/mol. The summed E-state index contributed by atoms with van der Waals surface area (Å²) in [5, 5.41) is 7.48. The number of hydrogen-bond acceptors (Lipinski definition) is 4. The van der Waals surface area contributed by atoms with E-state index in [2.05, 4.69) is 17.3 Å². The highest BCUT2D eigenvalue weighted by atomic mass is 16.5. The van der Waals surface area contributed by atoms with Gasteiger partial charge in [-0.15, -0.1) is 0 Å². The first kappa shape index (κ1) is 14.7. The van der Waals surface area contributed by atoms with Crippen molar-refractivity contribution in [2.75, 3.05) is 13.7 Å². The molecular weight excluding hydrogens is 230 g/mol. The number of carbonyl (C=O) groups is 1. The molecule has 1 N–H and O–H groups in total. The summed E-state index contributed by atoms with van der Waals surface area (Å²) in [5.41, 5.74) is 3.14. The van der Waals surface area contributed by atoms with E-state index in [1.807, 2.05) is 20.9 Å². The topological polar surface area (TPSA) is 56.2 Å². The second-order valence-electron chi connectivity index (χ2n) is 4.41. The van der Waals surface area contributed by atoms with Gasteiger partial charge in [-0.05, 0) is 27.3 Å². The van der Waals surface area contributed by atoms with Crippen LogP contribution in [0.25, 0.3) is 0 Å². The van der Waals surface area contributed by atoms with Crippen molar-refractivity contribution in [3.05, 3.63) is 17.0 Å². The highest BCUT2D eigenvalue weighted by Gasteiger charge is 2.13. The molecule has 0 amide bonds. The zero-order chi connectivity index (χ0) is 13.5. The van der Waals surface area contributed by atoms with Crippen molar-refractivity contribution in [3.63, 3.8) is 0 Å². The summed E-state index contributed by atoms with van der Waals surface area (Å²) < 4.78 is 6.85. The zero-order valence-electron chi connectivity index (χ0n) is 11.7. The first-order valence-corrected chi connectivity index (χ1v) is 6.43. The molecular formula is C13H23N3O2. The highest BCUT2D eigenvalue weighted by molar-refractivity contribution is 5.69. The second kappa shape index (κ2) is 7.16. The van der Waals surface area contributed by atoms with Crippen LogP contribution in [-0.4, -0.2) is 29.4 Å². The first-order valence-electron chi connectivity index (χ1n) is 6.43. The third kappa shape index (κ3) is 3.84. The third-order valence-corrected chi connectivity index (χ3v) is 2.92. The highest BCUT2D eigenvalue weighted by Crippen LogP contribution is 2.12. The standard InChI is InChI=1S/C13H23N3O2/c1-5-6-7-18-13(17)9-16-11(3)12(8-14-4)10(2)15-16/h14H,5-9H2,1-4H3. The van der Waals surface area contributed by atoms with Gasteiger partial charge in [0.15, 0.2) is 0 Å². The molecule has 0 fully saturated rings. The van der Waals surface area contributed by atoms with E-state index in [1.165, 1.54) is 0 Å². The Balaban J connectivity index is 2.62. The quantitative estimate of drug-likeness (QED) is 0.592. The fraction of sp³-hybridized carbons (Fsp3) is 0.692. The Kier molecular flexibility index (Phi) is 5.85. The van der Waals surface area contributed by atoms with Crippen LogP contribution in [0.1, 0.15) is 36.7 Å². The molecule has 0 atom stereocenters. The fourth-order valence-corrected chi connectivity index (χ4v) is 1.82. The number of esters is 1. The molecule has 0 radical (unpaired) electrons. The number of rotatable bonds is 7. The maximum atomic E-state index is 11.6. The normalized spacial score (nSPS) is 10.7. The van der Waals surface area contributed by atoms with Crippen molar-refractivity contribution < 1.29 is 9.53 Å². The smallest absolute Gasteiger partial charge is 0.327 e. The van der Waals surface area contributed by atoms with Gasteiger partial charge in [0.05, 0.1) is 12.3 Å². The lowest BCUT2D eigenvalue weighted by atomic mass is 10.2. The summed E-state index contributed by atoms with van der Waals surface area (Å²) in [4.78, 5) is 11.6. The van der Waals surface area contributed by atoms with Crippen LogP contribution in [-0.2, 0) is 22.6 Å². The molecule has 0 bridgehead atoms. The number of carbonyl (C=O) groups excluding carboxylic acids is 1. The van der Waals surface area contributed by atoms with Crippen LogP contribution in [0.15, 0.2) is 0 Å². The number of ether oxygens (including phenoxy) is 1. The molecule has 0 aliphatic rings.